The van der Waals surface area contributed by atoms with Gasteiger partial charge in [0, 0.05) is 19.3 Å². The molecule has 0 saturated heterocycles. The van der Waals surface area contributed by atoms with E-state index >= 15 is 0 Å². The SMILES string of the molecule is CC(C)c1nccc2c1NCCN2. The Bertz CT molecular complexity index is 307. The zero-order valence-electron chi connectivity index (χ0n) is 8.09. The first kappa shape index (κ1) is 8.35. The van der Waals surface area contributed by atoms with Crippen LogP contribution in [0.5, 0.6) is 0 Å². The fourth-order valence-electron chi connectivity index (χ4n) is 1.63. The molecule has 0 atom stereocenters. The van der Waals surface area contributed by atoms with Gasteiger partial charge in [-0.3, -0.25) is 4.98 Å². The fraction of sp³-hybridized carbons (Fsp3) is 0.500. The Morgan fingerprint density at radius 3 is 2.85 bits per heavy atom. The molecule has 1 aliphatic rings. The monoisotopic (exact) mass is 177 g/mol. The third-order valence-electron chi connectivity index (χ3n) is 2.27. The average molecular weight is 177 g/mol. The highest BCUT2D eigenvalue weighted by molar-refractivity contribution is 5.73. The predicted molar refractivity (Wildman–Crippen MR) is 55.3 cm³/mol. The topological polar surface area (TPSA) is 37.0 Å². The lowest BCUT2D eigenvalue weighted by molar-refractivity contribution is 0.819. The smallest absolute Gasteiger partial charge is 0.0798 e. The lowest BCUT2D eigenvalue weighted by Crippen LogP contribution is -2.22. The number of fused-ring (bicyclic) bond motifs is 1. The molecule has 0 aromatic carbocycles. The standard InChI is InChI=1S/C10H15N3/c1-7(2)9-10-8(3-4-12-9)11-5-6-13-10/h3-4,7,11,13H,5-6H2,1-2H3. The first-order chi connectivity index (χ1) is 6.29. The van der Waals surface area contributed by atoms with Crippen LogP contribution in [0.1, 0.15) is 25.5 Å². The van der Waals surface area contributed by atoms with Crippen molar-refractivity contribution < 1.29 is 0 Å². The van der Waals surface area contributed by atoms with Crippen LogP contribution in [0.15, 0.2) is 12.3 Å². The van der Waals surface area contributed by atoms with Crippen molar-refractivity contribution in [2.24, 2.45) is 0 Å². The van der Waals surface area contributed by atoms with E-state index in [0.29, 0.717) is 5.92 Å². The van der Waals surface area contributed by atoms with Gasteiger partial charge in [-0.05, 0) is 12.0 Å². The van der Waals surface area contributed by atoms with Crippen LogP contribution in [-0.2, 0) is 0 Å². The number of hydrogen-bond acceptors (Lipinski definition) is 3. The summed E-state index contributed by atoms with van der Waals surface area (Å²) in [5, 5.41) is 6.74. The van der Waals surface area contributed by atoms with Crippen LogP contribution in [0.2, 0.25) is 0 Å². The third kappa shape index (κ3) is 1.46. The largest absolute Gasteiger partial charge is 0.382 e. The lowest BCUT2D eigenvalue weighted by atomic mass is 10.1. The van der Waals surface area contributed by atoms with Gasteiger partial charge in [0.25, 0.3) is 0 Å². The molecule has 1 aromatic heterocycles. The fourth-order valence-corrected chi connectivity index (χ4v) is 1.63. The number of pyridine rings is 1. The highest BCUT2D eigenvalue weighted by atomic mass is 15.0. The van der Waals surface area contributed by atoms with Crippen LogP contribution >= 0.6 is 0 Å². The van der Waals surface area contributed by atoms with Gasteiger partial charge < -0.3 is 10.6 Å². The first-order valence-corrected chi connectivity index (χ1v) is 4.75. The summed E-state index contributed by atoms with van der Waals surface area (Å²) in [5.41, 5.74) is 3.53. The molecule has 0 fully saturated rings. The molecule has 0 saturated carbocycles. The maximum absolute atomic E-state index is 4.39. The molecule has 0 aliphatic carbocycles. The van der Waals surface area contributed by atoms with E-state index in [1.54, 1.807) is 0 Å². The molecular weight excluding hydrogens is 162 g/mol. The summed E-state index contributed by atoms with van der Waals surface area (Å²) < 4.78 is 0. The molecule has 0 radical (unpaired) electrons. The summed E-state index contributed by atoms with van der Waals surface area (Å²) in [6.07, 6.45) is 1.87. The van der Waals surface area contributed by atoms with E-state index in [1.807, 2.05) is 12.3 Å². The van der Waals surface area contributed by atoms with Crippen molar-refractivity contribution in [1.29, 1.82) is 0 Å². The zero-order chi connectivity index (χ0) is 9.26. The Morgan fingerprint density at radius 1 is 1.31 bits per heavy atom. The van der Waals surface area contributed by atoms with Crippen LogP contribution in [-0.4, -0.2) is 18.1 Å². The normalized spacial score (nSPS) is 14.7. The van der Waals surface area contributed by atoms with E-state index in [-0.39, 0.29) is 0 Å². The van der Waals surface area contributed by atoms with E-state index in [0.717, 1.165) is 18.8 Å². The number of nitrogens with one attached hydrogen (secondary N) is 2. The Balaban J connectivity index is 2.46. The van der Waals surface area contributed by atoms with Gasteiger partial charge in [0.15, 0.2) is 0 Å². The molecule has 1 aromatic rings. The number of hydrogen-bond donors (Lipinski definition) is 2. The van der Waals surface area contributed by atoms with E-state index in [2.05, 4.69) is 29.5 Å². The van der Waals surface area contributed by atoms with Gasteiger partial charge in [0.1, 0.15) is 0 Å². The number of anilines is 2. The Kier molecular flexibility index (Phi) is 2.08. The summed E-state index contributed by atoms with van der Waals surface area (Å²) in [6, 6.07) is 2.02. The van der Waals surface area contributed by atoms with Crippen molar-refractivity contribution >= 4 is 11.4 Å². The maximum Gasteiger partial charge on any atom is 0.0798 e. The molecule has 3 nitrogen and oxygen atoms in total. The van der Waals surface area contributed by atoms with E-state index in [9.17, 15) is 0 Å². The highest BCUT2D eigenvalue weighted by Gasteiger charge is 2.14. The van der Waals surface area contributed by atoms with Crippen molar-refractivity contribution in [1.82, 2.24) is 4.98 Å². The van der Waals surface area contributed by atoms with E-state index < -0.39 is 0 Å². The highest BCUT2D eigenvalue weighted by Crippen LogP contribution is 2.30. The Hall–Kier alpha value is -1.25. The van der Waals surface area contributed by atoms with Gasteiger partial charge in [0.05, 0.1) is 17.1 Å². The van der Waals surface area contributed by atoms with E-state index in [1.165, 1.54) is 11.4 Å². The second-order valence-corrected chi connectivity index (χ2v) is 3.63. The van der Waals surface area contributed by atoms with Gasteiger partial charge >= 0.3 is 0 Å². The van der Waals surface area contributed by atoms with Crippen LogP contribution < -0.4 is 10.6 Å². The molecule has 0 bridgehead atoms. The van der Waals surface area contributed by atoms with Crippen molar-refractivity contribution in [3.63, 3.8) is 0 Å². The summed E-state index contributed by atoms with van der Waals surface area (Å²) in [6.45, 7) is 6.31. The molecule has 1 aliphatic heterocycles. The molecular formula is C10H15N3. The summed E-state index contributed by atoms with van der Waals surface area (Å²) in [4.78, 5) is 4.39. The predicted octanol–water partition coefficient (Wildman–Crippen LogP) is 2.04. The minimum atomic E-state index is 0.474. The molecule has 2 rings (SSSR count). The summed E-state index contributed by atoms with van der Waals surface area (Å²) in [5.74, 6) is 0.474. The second kappa shape index (κ2) is 3.24. The van der Waals surface area contributed by atoms with Gasteiger partial charge in [-0.1, -0.05) is 13.8 Å². The quantitative estimate of drug-likeness (QED) is 0.689. The van der Waals surface area contributed by atoms with Crippen molar-refractivity contribution in [3.8, 4) is 0 Å². The lowest BCUT2D eigenvalue weighted by Gasteiger charge is -2.23. The zero-order valence-corrected chi connectivity index (χ0v) is 8.09. The summed E-state index contributed by atoms with van der Waals surface area (Å²) in [7, 11) is 0. The van der Waals surface area contributed by atoms with Gasteiger partial charge in [-0.2, -0.15) is 0 Å². The number of rotatable bonds is 1. The molecule has 2 heterocycles. The van der Waals surface area contributed by atoms with Crippen molar-refractivity contribution in [2.45, 2.75) is 19.8 Å². The van der Waals surface area contributed by atoms with Gasteiger partial charge in [-0.25, -0.2) is 0 Å². The molecule has 13 heavy (non-hydrogen) atoms. The number of nitrogens with zero attached hydrogens (tertiary/aromatic N) is 1. The van der Waals surface area contributed by atoms with Crippen LogP contribution in [0.4, 0.5) is 11.4 Å². The first-order valence-electron chi connectivity index (χ1n) is 4.75. The van der Waals surface area contributed by atoms with Crippen LogP contribution in [0, 0.1) is 0 Å². The molecule has 0 spiro atoms. The van der Waals surface area contributed by atoms with Crippen LogP contribution in [0.3, 0.4) is 0 Å². The molecule has 0 unspecified atom stereocenters. The number of aromatic nitrogens is 1. The molecule has 3 heteroatoms. The minimum Gasteiger partial charge on any atom is -0.382 e. The average Bonchev–Trinajstić information content (AvgIpc) is 2.17. The van der Waals surface area contributed by atoms with E-state index in [4.69, 9.17) is 0 Å². The van der Waals surface area contributed by atoms with Crippen molar-refractivity contribution in [3.05, 3.63) is 18.0 Å². The van der Waals surface area contributed by atoms with Gasteiger partial charge in [0.2, 0.25) is 0 Å². The molecule has 0 amide bonds. The molecule has 70 valence electrons. The maximum atomic E-state index is 4.39. The van der Waals surface area contributed by atoms with Crippen molar-refractivity contribution in [2.75, 3.05) is 23.7 Å². The van der Waals surface area contributed by atoms with Gasteiger partial charge in [-0.15, -0.1) is 0 Å². The Labute approximate surface area is 78.6 Å². The summed E-state index contributed by atoms with van der Waals surface area (Å²) >= 11 is 0. The minimum absolute atomic E-state index is 0.474. The van der Waals surface area contributed by atoms with Crippen LogP contribution in [0.25, 0.3) is 0 Å². The molecule has 2 N–H and O–H groups in total. The Morgan fingerprint density at radius 2 is 2.08 bits per heavy atom. The third-order valence-corrected chi connectivity index (χ3v) is 2.27. The second-order valence-electron chi connectivity index (χ2n) is 3.63.